The first-order valence-corrected chi connectivity index (χ1v) is 6.52. The molecule has 1 rings (SSSR count). The monoisotopic (exact) mass is 286 g/mol. The van der Waals surface area contributed by atoms with Crippen LogP contribution in [0.3, 0.4) is 0 Å². The van der Waals surface area contributed by atoms with E-state index >= 15 is 0 Å². The number of aromatic nitrogens is 1. The van der Waals surface area contributed by atoms with Crippen LogP contribution in [0.25, 0.3) is 0 Å². The molecule has 1 unspecified atom stereocenters. The molecule has 0 aliphatic rings. The Morgan fingerprint density at radius 3 is 3.06 bits per heavy atom. The highest BCUT2D eigenvalue weighted by Crippen LogP contribution is 2.13. The van der Waals surface area contributed by atoms with E-state index in [1.54, 1.807) is 13.3 Å². The first kappa shape index (κ1) is 13.5. The smallest absolute Gasteiger partial charge is 0.217 e. The lowest BCUT2D eigenvalue weighted by atomic mass is 10.2. The Labute approximate surface area is 106 Å². The van der Waals surface area contributed by atoms with E-state index in [2.05, 4.69) is 33.2 Å². The first-order chi connectivity index (χ1) is 7.77. The van der Waals surface area contributed by atoms with E-state index in [9.17, 15) is 0 Å². The van der Waals surface area contributed by atoms with Gasteiger partial charge in [0.15, 0.2) is 0 Å². The quantitative estimate of drug-likeness (QED) is 0.618. The minimum atomic E-state index is 0.607. The predicted molar refractivity (Wildman–Crippen MR) is 70.1 cm³/mol. The van der Waals surface area contributed by atoms with Gasteiger partial charge in [0.1, 0.15) is 0 Å². The highest BCUT2D eigenvalue weighted by molar-refractivity contribution is 9.09. The highest BCUT2D eigenvalue weighted by atomic mass is 79.9. The third kappa shape index (κ3) is 4.49. The summed E-state index contributed by atoms with van der Waals surface area (Å²) in [6.45, 7) is 3.99. The van der Waals surface area contributed by atoms with Crippen LogP contribution in [0.1, 0.15) is 25.3 Å². The van der Waals surface area contributed by atoms with Gasteiger partial charge in [-0.3, -0.25) is 0 Å². The maximum Gasteiger partial charge on any atom is 0.217 e. The minimum Gasteiger partial charge on any atom is -0.481 e. The molecule has 90 valence electrons. The van der Waals surface area contributed by atoms with Crippen LogP contribution in [-0.4, -0.2) is 23.5 Å². The van der Waals surface area contributed by atoms with Crippen LogP contribution in [-0.2, 0) is 6.54 Å². The van der Waals surface area contributed by atoms with Crippen molar-refractivity contribution in [1.82, 2.24) is 10.3 Å². The molecule has 0 bridgehead atoms. The molecule has 0 saturated carbocycles. The number of halogens is 1. The van der Waals surface area contributed by atoms with Crippen LogP contribution in [0.5, 0.6) is 5.88 Å². The Kier molecular flexibility index (Phi) is 6.42. The molecule has 1 aromatic rings. The van der Waals surface area contributed by atoms with E-state index in [0.717, 1.165) is 31.5 Å². The van der Waals surface area contributed by atoms with Gasteiger partial charge in [0.25, 0.3) is 0 Å². The van der Waals surface area contributed by atoms with Crippen LogP contribution < -0.4 is 10.1 Å². The highest BCUT2D eigenvalue weighted by Gasteiger charge is 2.03. The van der Waals surface area contributed by atoms with E-state index in [1.165, 1.54) is 0 Å². The molecule has 0 saturated heterocycles. The molecule has 1 atom stereocenters. The van der Waals surface area contributed by atoms with Gasteiger partial charge in [0.2, 0.25) is 5.88 Å². The number of nitrogens with one attached hydrogen (secondary N) is 1. The van der Waals surface area contributed by atoms with Gasteiger partial charge in [-0.05, 0) is 25.5 Å². The molecule has 1 N–H and O–H groups in total. The van der Waals surface area contributed by atoms with Crippen molar-refractivity contribution in [1.29, 1.82) is 0 Å². The zero-order chi connectivity index (χ0) is 11.8. The van der Waals surface area contributed by atoms with E-state index in [0.29, 0.717) is 10.7 Å². The maximum atomic E-state index is 5.18. The van der Waals surface area contributed by atoms with Crippen molar-refractivity contribution in [3.8, 4) is 5.88 Å². The van der Waals surface area contributed by atoms with Gasteiger partial charge in [-0.25, -0.2) is 4.98 Å². The Hall–Kier alpha value is -0.610. The molecule has 0 amide bonds. The molecule has 0 radical (unpaired) electrons. The second-order valence-electron chi connectivity index (χ2n) is 3.64. The van der Waals surface area contributed by atoms with Gasteiger partial charge in [-0.2, -0.15) is 0 Å². The fourth-order valence-electron chi connectivity index (χ4n) is 1.43. The number of hydrogen-bond acceptors (Lipinski definition) is 3. The number of pyridine rings is 1. The third-order valence-electron chi connectivity index (χ3n) is 2.44. The molecule has 1 heterocycles. The normalized spacial score (nSPS) is 12.4. The van der Waals surface area contributed by atoms with Crippen LogP contribution in [0, 0.1) is 0 Å². The summed E-state index contributed by atoms with van der Waals surface area (Å²) < 4.78 is 5.18. The lowest BCUT2D eigenvalue weighted by molar-refractivity contribution is 0.390. The molecule has 16 heavy (non-hydrogen) atoms. The summed E-state index contributed by atoms with van der Waals surface area (Å²) in [6, 6.07) is 3.96. The van der Waals surface area contributed by atoms with Gasteiger partial charge in [0.05, 0.1) is 7.11 Å². The van der Waals surface area contributed by atoms with Gasteiger partial charge < -0.3 is 10.1 Å². The second kappa shape index (κ2) is 7.63. The van der Waals surface area contributed by atoms with Crippen LogP contribution in [0.4, 0.5) is 0 Å². The third-order valence-corrected chi connectivity index (χ3v) is 3.54. The summed E-state index contributed by atoms with van der Waals surface area (Å²) in [5, 5.41) is 3.39. The lowest BCUT2D eigenvalue weighted by Gasteiger charge is -2.10. The number of nitrogens with zero attached hydrogens (tertiary/aromatic N) is 1. The molecule has 4 heteroatoms. The minimum absolute atomic E-state index is 0.607. The average Bonchev–Trinajstić information content (AvgIpc) is 2.34. The maximum absolute atomic E-state index is 5.18. The zero-order valence-electron chi connectivity index (χ0n) is 9.87. The summed E-state index contributed by atoms with van der Waals surface area (Å²) in [4.78, 5) is 4.76. The van der Waals surface area contributed by atoms with Gasteiger partial charge >= 0.3 is 0 Å². The molecule has 0 aliphatic carbocycles. The fourth-order valence-corrected chi connectivity index (χ4v) is 1.66. The van der Waals surface area contributed by atoms with Crippen molar-refractivity contribution in [3.05, 3.63) is 23.9 Å². The predicted octanol–water partition coefficient (Wildman–Crippen LogP) is 2.74. The van der Waals surface area contributed by atoms with E-state index in [1.807, 2.05) is 12.1 Å². The van der Waals surface area contributed by atoms with Crippen LogP contribution in [0.15, 0.2) is 18.3 Å². The van der Waals surface area contributed by atoms with Gasteiger partial charge in [-0.15, -0.1) is 0 Å². The summed E-state index contributed by atoms with van der Waals surface area (Å²) in [5.41, 5.74) is 1.10. The summed E-state index contributed by atoms with van der Waals surface area (Å²) in [6.07, 6.45) is 4.05. The van der Waals surface area contributed by atoms with Crippen molar-refractivity contribution in [2.24, 2.45) is 0 Å². The number of hydrogen-bond donors (Lipinski definition) is 1. The van der Waals surface area contributed by atoms with E-state index in [-0.39, 0.29) is 0 Å². The topological polar surface area (TPSA) is 34.2 Å². The molecule has 0 fully saturated rings. The lowest BCUT2D eigenvalue weighted by Crippen LogP contribution is -2.18. The van der Waals surface area contributed by atoms with E-state index < -0.39 is 0 Å². The molecule has 0 aromatic carbocycles. The standard InChI is InChI=1S/C12H19BrN2O/c1-3-11(13)6-8-14-9-10-5-4-7-15-12(10)16-2/h4-5,7,11,14H,3,6,8-9H2,1-2H3. The SMILES string of the molecule is CCC(Br)CCNCc1cccnc1OC. The summed E-state index contributed by atoms with van der Waals surface area (Å²) in [7, 11) is 1.65. The van der Waals surface area contributed by atoms with Crippen LogP contribution >= 0.6 is 15.9 Å². The number of alkyl halides is 1. The molecule has 0 aliphatic heterocycles. The van der Waals surface area contributed by atoms with Crippen LogP contribution in [0.2, 0.25) is 0 Å². The molecule has 0 spiro atoms. The number of methoxy groups -OCH3 is 1. The van der Waals surface area contributed by atoms with E-state index in [4.69, 9.17) is 4.74 Å². The average molecular weight is 287 g/mol. The number of ether oxygens (including phenoxy) is 1. The van der Waals surface area contributed by atoms with Crippen molar-refractivity contribution >= 4 is 15.9 Å². The Bertz CT molecular complexity index is 307. The molecular weight excluding hydrogens is 268 g/mol. The fraction of sp³-hybridized carbons (Fsp3) is 0.583. The van der Waals surface area contributed by atoms with Crippen molar-refractivity contribution in [2.45, 2.75) is 31.1 Å². The Morgan fingerprint density at radius 1 is 1.56 bits per heavy atom. The summed E-state index contributed by atoms with van der Waals surface area (Å²) in [5.74, 6) is 0.709. The number of rotatable bonds is 7. The Morgan fingerprint density at radius 2 is 2.38 bits per heavy atom. The molecule has 1 aromatic heterocycles. The largest absolute Gasteiger partial charge is 0.481 e. The van der Waals surface area contributed by atoms with Gasteiger partial charge in [0, 0.05) is 23.1 Å². The van der Waals surface area contributed by atoms with Gasteiger partial charge in [-0.1, -0.05) is 28.9 Å². The van der Waals surface area contributed by atoms with Crippen molar-refractivity contribution < 1.29 is 4.74 Å². The Balaban J connectivity index is 2.31. The first-order valence-electron chi connectivity index (χ1n) is 5.60. The zero-order valence-corrected chi connectivity index (χ0v) is 11.5. The van der Waals surface area contributed by atoms with Crippen molar-refractivity contribution in [3.63, 3.8) is 0 Å². The summed E-state index contributed by atoms with van der Waals surface area (Å²) >= 11 is 3.61. The molecule has 3 nitrogen and oxygen atoms in total. The van der Waals surface area contributed by atoms with Crippen molar-refractivity contribution in [2.75, 3.05) is 13.7 Å². The molecular formula is C12H19BrN2O. The second-order valence-corrected chi connectivity index (χ2v) is 4.94.